The quantitative estimate of drug-likeness (QED) is 0.237. The van der Waals surface area contributed by atoms with Crippen LogP contribution >= 0.6 is 11.3 Å². The maximum atomic E-state index is 9.05. The predicted molar refractivity (Wildman–Crippen MR) is 158 cm³/mol. The van der Waals surface area contributed by atoms with Gasteiger partial charge in [-0.3, -0.25) is 5.41 Å². The molecule has 0 bridgehead atoms. The Balaban J connectivity index is 1.40. The van der Waals surface area contributed by atoms with Crippen LogP contribution < -0.4 is 5.73 Å². The second kappa shape index (κ2) is 8.47. The van der Waals surface area contributed by atoms with E-state index >= 15 is 0 Å². The van der Waals surface area contributed by atoms with Crippen molar-refractivity contribution in [2.24, 2.45) is 0 Å². The fourth-order valence-electron chi connectivity index (χ4n) is 5.24. The summed E-state index contributed by atoms with van der Waals surface area (Å²) in [6.45, 7) is 0. The van der Waals surface area contributed by atoms with Gasteiger partial charge in [0, 0.05) is 32.1 Å². The molecular weight excluding hydrogens is 470 g/mol. The first kappa shape index (κ1) is 21.6. The van der Waals surface area contributed by atoms with Crippen molar-refractivity contribution in [3.8, 4) is 16.8 Å². The second-order valence-electron chi connectivity index (χ2n) is 9.22. The zero-order chi connectivity index (χ0) is 24.9. The number of anilines is 1. The predicted octanol–water partition coefficient (Wildman–Crippen LogP) is 8.66. The number of benzene rings is 5. The number of hydrogen-bond donors (Lipinski definition) is 2. The Morgan fingerprint density at radius 1 is 0.622 bits per heavy atom. The number of nitrogens with one attached hydrogen (secondary N) is 1. The lowest BCUT2D eigenvalue weighted by atomic mass is 10.0. The van der Waals surface area contributed by atoms with Gasteiger partial charge in [0.05, 0.1) is 27.3 Å². The molecule has 0 aliphatic rings. The molecule has 7 aromatic rings. The first-order chi connectivity index (χ1) is 18.2. The van der Waals surface area contributed by atoms with Gasteiger partial charge >= 0.3 is 0 Å². The fraction of sp³-hybridized carbons (Fsp3) is 0. The highest BCUT2D eigenvalue weighted by Crippen LogP contribution is 2.37. The van der Waals surface area contributed by atoms with Gasteiger partial charge in [0.2, 0.25) is 0 Å². The largest absolute Gasteiger partial charge is 0.397 e. The number of aromatic nitrogens is 1. The van der Waals surface area contributed by atoms with Crippen LogP contribution in [0.3, 0.4) is 0 Å². The lowest BCUT2D eigenvalue weighted by molar-refractivity contribution is 1.18. The molecule has 2 heterocycles. The van der Waals surface area contributed by atoms with E-state index in [4.69, 9.17) is 11.1 Å². The molecule has 0 aliphatic heterocycles. The molecule has 0 spiro atoms. The van der Waals surface area contributed by atoms with Gasteiger partial charge in [0.25, 0.3) is 0 Å². The van der Waals surface area contributed by atoms with E-state index < -0.39 is 0 Å². The standard InChI is InChI=1S/C33H23N3S/c34-31(33-32(35)26-14-5-7-16-30(26)37-33)23-17-18-29-27(20-23)25-13-4-6-15-28(25)36(29)24-12-8-11-22(19-24)21-9-2-1-3-10-21/h1-20,34H,35H2. The average Bonchev–Trinajstić information content (AvgIpc) is 3.48. The van der Waals surface area contributed by atoms with Crippen LogP contribution in [0.15, 0.2) is 121 Å². The molecule has 176 valence electrons. The Hall–Kier alpha value is -4.67. The maximum Gasteiger partial charge on any atom is 0.0805 e. The summed E-state index contributed by atoms with van der Waals surface area (Å²) in [4.78, 5) is 0.819. The van der Waals surface area contributed by atoms with E-state index in [2.05, 4.69) is 95.6 Å². The Morgan fingerprint density at radius 2 is 1.32 bits per heavy atom. The van der Waals surface area contributed by atoms with Crippen LogP contribution in [0.1, 0.15) is 10.4 Å². The molecule has 3 nitrogen and oxygen atoms in total. The normalized spacial score (nSPS) is 11.5. The smallest absolute Gasteiger partial charge is 0.0805 e. The van der Waals surface area contributed by atoms with E-state index in [0.717, 1.165) is 42.6 Å². The Morgan fingerprint density at radius 3 is 2.16 bits per heavy atom. The van der Waals surface area contributed by atoms with Gasteiger partial charge in [-0.25, -0.2) is 0 Å². The van der Waals surface area contributed by atoms with Crippen LogP contribution in [0.5, 0.6) is 0 Å². The summed E-state index contributed by atoms with van der Waals surface area (Å²) >= 11 is 1.58. The minimum atomic E-state index is 0.462. The zero-order valence-corrected chi connectivity index (χ0v) is 20.8. The van der Waals surface area contributed by atoms with Crippen molar-refractivity contribution < 1.29 is 0 Å². The third-order valence-corrected chi connectivity index (χ3v) is 8.24. The summed E-state index contributed by atoms with van der Waals surface area (Å²) < 4.78 is 3.42. The highest BCUT2D eigenvalue weighted by molar-refractivity contribution is 7.21. The number of fused-ring (bicyclic) bond motifs is 4. The van der Waals surface area contributed by atoms with E-state index in [1.54, 1.807) is 11.3 Å². The number of para-hydroxylation sites is 1. The van der Waals surface area contributed by atoms with Gasteiger partial charge in [-0.1, -0.05) is 84.9 Å². The summed E-state index contributed by atoms with van der Waals surface area (Å²) in [5, 5.41) is 12.4. The summed E-state index contributed by atoms with van der Waals surface area (Å²) in [5.41, 5.74) is 14.3. The van der Waals surface area contributed by atoms with Crippen molar-refractivity contribution in [3.63, 3.8) is 0 Å². The van der Waals surface area contributed by atoms with E-state index in [1.165, 1.54) is 16.5 Å². The van der Waals surface area contributed by atoms with Crippen molar-refractivity contribution in [3.05, 3.63) is 132 Å². The van der Waals surface area contributed by atoms with Gasteiger partial charge in [-0.05, 0) is 47.5 Å². The van der Waals surface area contributed by atoms with Crippen LogP contribution in [-0.4, -0.2) is 10.3 Å². The van der Waals surface area contributed by atoms with Crippen LogP contribution in [0.2, 0.25) is 0 Å². The molecule has 4 heteroatoms. The summed E-state index contributed by atoms with van der Waals surface area (Å²) in [6, 6.07) is 42.1. The number of thiophene rings is 1. The van der Waals surface area contributed by atoms with Gasteiger partial charge in [0.1, 0.15) is 0 Å². The molecule has 0 saturated heterocycles. The molecule has 0 fully saturated rings. The second-order valence-corrected chi connectivity index (χ2v) is 10.3. The lowest BCUT2D eigenvalue weighted by Gasteiger charge is -2.11. The summed E-state index contributed by atoms with van der Waals surface area (Å²) in [7, 11) is 0. The third kappa shape index (κ3) is 3.45. The molecule has 0 saturated carbocycles. The van der Waals surface area contributed by atoms with E-state index in [-0.39, 0.29) is 0 Å². The molecule has 7 rings (SSSR count). The molecule has 5 aromatic carbocycles. The first-order valence-corrected chi connectivity index (χ1v) is 13.1. The van der Waals surface area contributed by atoms with Crippen LogP contribution in [0, 0.1) is 5.41 Å². The molecule has 0 aliphatic carbocycles. The Kier molecular flexibility index (Phi) is 4.95. The number of rotatable bonds is 4. The maximum absolute atomic E-state index is 9.05. The molecule has 37 heavy (non-hydrogen) atoms. The minimum absolute atomic E-state index is 0.462. The lowest BCUT2D eigenvalue weighted by Crippen LogP contribution is -2.02. The monoisotopic (exact) mass is 493 g/mol. The summed E-state index contributed by atoms with van der Waals surface area (Å²) in [5.74, 6) is 0. The zero-order valence-electron chi connectivity index (χ0n) is 20.0. The molecule has 3 N–H and O–H groups in total. The molecule has 0 unspecified atom stereocenters. The van der Waals surface area contributed by atoms with Crippen molar-refractivity contribution in [2.75, 3.05) is 5.73 Å². The van der Waals surface area contributed by atoms with Crippen molar-refractivity contribution in [1.82, 2.24) is 4.57 Å². The van der Waals surface area contributed by atoms with E-state index in [1.807, 2.05) is 30.3 Å². The Bertz CT molecular complexity index is 1960. The number of nitrogen functional groups attached to an aromatic ring is 1. The minimum Gasteiger partial charge on any atom is -0.397 e. The van der Waals surface area contributed by atoms with Crippen LogP contribution in [0.4, 0.5) is 5.69 Å². The fourth-order valence-corrected chi connectivity index (χ4v) is 6.34. The number of nitrogens with zero attached hydrogens (tertiary/aromatic N) is 1. The van der Waals surface area contributed by atoms with Gasteiger partial charge in [0.15, 0.2) is 0 Å². The number of hydrogen-bond acceptors (Lipinski definition) is 3. The molecule has 0 amide bonds. The third-order valence-electron chi connectivity index (χ3n) is 7.03. The molecule has 0 radical (unpaired) electrons. The SMILES string of the molecule is N=C(c1ccc2c(c1)c1ccccc1n2-c1cccc(-c2ccccc2)c1)c1sc2ccccc2c1N. The highest BCUT2D eigenvalue weighted by atomic mass is 32.1. The van der Waals surface area contributed by atoms with Crippen molar-refractivity contribution in [2.45, 2.75) is 0 Å². The van der Waals surface area contributed by atoms with E-state index in [9.17, 15) is 0 Å². The Labute approximate surface area is 218 Å². The first-order valence-electron chi connectivity index (χ1n) is 12.2. The highest BCUT2D eigenvalue weighted by Gasteiger charge is 2.18. The van der Waals surface area contributed by atoms with Crippen LogP contribution in [0.25, 0.3) is 48.7 Å². The van der Waals surface area contributed by atoms with Crippen molar-refractivity contribution >= 4 is 54.6 Å². The van der Waals surface area contributed by atoms with Crippen LogP contribution in [-0.2, 0) is 0 Å². The van der Waals surface area contributed by atoms with Crippen molar-refractivity contribution in [1.29, 1.82) is 5.41 Å². The topological polar surface area (TPSA) is 54.8 Å². The molecular formula is C33H23N3S. The van der Waals surface area contributed by atoms with Gasteiger partial charge < -0.3 is 10.3 Å². The molecule has 2 aromatic heterocycles. The van der Waals surface area contributed by atoms with E-state index in [0.29, 0.717) is 11.4 Å². The summed E-state index contributed by atoms with van der Waals surface area (Å²) in [6.07, 6.45) is 0. The van der Waals surface area contributed by atoms with Gasteiger partial charge in [-0.15, -0.1) is 11.3 Å². The average molecular weight is 494 g/mol. The number of nitrogens with two attached hydrogens (primary N) is 1. The van der Waals surface area contributed by atoms with Gasteiger partial charge in [-0.2, -0.15) is 0 Å². The molecule has 0 atom stereocenters.